The number of nitrogens with two attached hydrogens (primary N) is 1. The monoisotopic (exact) mass is 216 g/mol. The van der Waals surface area contributed by atoms with Crippen LogP contribution < -0.4 is 15.8 Å². The summed E-state index contributed by atoms with van der Waals surface area (Å²) in [5, 5.41) is 3.12. The molecule has 0 fully saturated rings. The molecule has 2 rings (SSSR count). The van der Waals surface area contributed by atoms with Crippen molar-refractivity contribution in [1.29, 1.82) is 0 Å². The van der Waals surface area contributed by atoms with E-state index >= 15 is 0 Å². The van der Waals surface area contributed by atoms with Crippen molar-refractivity contribution in [2.45, 2.75) is 0 Å². The summed E-state index contributed by atoms with van der Waals surface area (Å²) in [4.78, 5) is 7.99. The van der Waals surface area contributed by atoms with E-state index in [9.17, 15) is 0 Å². The molecule has 0 spiro atoms. The Hall–Kier alpha value is -2.30. The summed E-state index contributed by atoms with van der Waals surface area (Å²) in [5.74, 6) is 1.20. The topological polar surface area (TPSA) is 73.1 Å². The number of rotatable bonds is 3. The molecule has 0 amide bonds. The molecule has 0 aliphatic rings. The van der Waals surface area contributed by atoms with E-state index in [1.165, 1.54) is 6.33 Å². The standard InChI is InChI=1S/C11H12N4O/c1-16-11-6-10(13-7-14-11)15-9-4-2-8(12)3-5-9/h2-7H,12H2,1H3,(H,13,14,15). The number of ether oxygens (including phenoxy) is 1. The van der Waals surface area contributed by atoms with Crippen molar-refractivity contribution >= 4 is 17.2 Å². The van der Waals surface area contributed by atoms with Crippen LogP contribution in [0.3, 0.4) is 0 Å². The number of anilines is 3. The van der Waals surface area contributed by atoms with Gasteiger partial charge in [0.2, 0.25) is 5.88 Å². The van der Waals surface area contributed by atoms with Crippen molar-refractivity contribution in [3.63, 3.8) is 0 Å². The van der Waals surface area contributed by atoms with E-state index in [4.69, 9.17) is 10.5 Å². The summed E-state index contributed by atoms with van der Waals surface area (Å²) in [6, 6.07) is 9.12. The van der Waals surface area contributed by atoms with Gasteiger partial charge in [0.25, 0.3) is 0 Å². The maximum absolute atomic E-state index is 5.59. The first kappa shape index (κ1) is 10.2. The Kier molecular flexibility index (Phi) is 2.86. The predicted molar refractivity (Wildman–Crippen MR) is 62.7 cm³/mol. The lowest BCUT2D eigenvalue weighted by Gasteiger charge is -2.06. The van der Waals surface area contributed by atoms with Gasteiger partial charge in [0.05, 0.1) is 7.11 Å². The van der Waals surface area contributed by atoms with Crippen molar-refractivity contribution in [3.05, 3.63) is 36.7 Å². The lowest BCUT2D eigenvalue weighted by molar-refractivity contribution is 0.397. The third-order valence-electron chi connectivity index (χ3n) is 2.03. The van der Waals surface area contributed by atoms with E-state index in [0.717, 1.165) is 11.4 Å². The molecular weight excluding hydrogens is 204 g/mol. The zero-order chi connectivity index (χ0) is 11.4. The van der Waals surface area contributed by atoms with Crippen LogP contribution in [0, 0.1) is 0 Å². The summed E-state index contributed by atoms with van der Waals surface area (Å²) < 4.78 is 5.00. The summed E-state index contributed by atoms with van der Waals surface area (Å²) in [5.41, 5.74) is 7.23. The number of hydrogen-bond donors (Lipinski definition) is 2. The minimum absolute atomic E-state index is 0.521. The van der Waals surface area contributed by atoms with Crippen LogP contribution in [-0.2, 0) is 0 Å². The maximum Gasteiger partial charge on any atom is 0.218 e. The molecule has 0 saturated carbocycles. The Balaban J connectivity index is 2.16. The Bertz CT molecular complexity index is 470. The van der Waals surface area contributed by atoms with Crippen LogP contribution in [0.1, 0.15) is 0 Å². The van der Waals surface area contributed by atoms with Crippen LogP contribution in [0.4, 0.5) is 17.2 Å². The van der Waals surface area contributed by atoms with Crippen LogP contribution in [0.25, 0.3) is 0 Å². The van der Waals surface area contributed by atoms with Gasteiger partial charge in [0, 0.05) is 17.4 Å². The molecule has 0 saturated heterocycles. The van der Waals surface area contributed by atoms with Gasteiger partial charge in [-0.3, -0.25) is 0 Å². The molecule has 16 heavy (non-hydrogen) atoms. The molecule has 0 unspecified atom stereocenters. The molecule has 0 bridgehead atoms. The van der Waals surface area contributed by atoms with Gasteiger partial charge in [-0.2, -0.15) is 0 Å². The van der Waals surface area contributed by atoms with Crippen molar-refractivity contribution in [1.82, 2.24) is 9.97 Å². The second-order valence-electron chi connectivity index (χ2n) is 3.19. The molecular formula is C11H12N4O. The molecule has 1 aromatic carbocycles. The number of nitrogens with zero attached hydrogens (tertiary/aromatic N) is 2. The number of aromatic nitrogens is 2. The first-order valence-corrected chi connectivity index (χ1v) is 4.76. The fraction of sp³-hybridized carbons (Fsp3) is 0.0909. The molecule has 5 nitrogen and oxygen atoms in total. The fourth-order valence-corrected chi connectivity index (χ4v) is 1.23. The van der Waals surface area contributed by atoms with Gasteiger partial charge in [-0.25, -0.2) is 9.97 Å². The van der Waals surface area contributed by atoms with Crippen molar-refractivity contribution in [2.75, 3.05) is 18.2 Å². The molecule has 0 atom stereocenters. The van der Waals surface area contributed by atoms with Gasteiger partial charge in [-0.05, 0) is 24.3 Å². The van der Waals surface area contributed by atoms with E-state index in [-0.39, 0.29) is 0 Å². The molecule has 2 aromatic rings. The van der Waals surface area contributed by atoms with Gasteiger partial charge in [0.15, 0.2) is 0 Å². The van der Waals surface area contributed by atoms with E-state index in [1.807, 2.05) is 24.3 Å². The van der Waals surface area contributed by atoms with Gasteiger partial charge >= 0.3 is 0 Å². The van der Waals surface area contributed by atoms with Gasteiger partial charge in [-0.1, -0.05) is 0 Å². The smallest absolute Gasteiger partial charge is 0.218 e. The Morgan fingerprint density at radius 2 is 1.94 bits per heavy atom. The van der Waals surface area contributed by atoms with Crippen LogP contribution in [0.2, 0.25) is 0 Å². The minimum atomic E-state index is 0.521. The number of methoxy groups -OCH3 is 1. The highest BCUT2D eigenvalue weighted by Gasteiger charge is 1.98. The highest BCUT2D eigenvalue weighted by atomic mass is 16.5. The van der Waals surface area contributed by atoms with Gasteiger partial charge in [0.1, 0.15) is 12.1 Å². The zero-order valence-corrected chi connectivity index (χ0v) is 8.84. The highest BCUT2D eigenvalue weighted by Crippen LogP contribution is 2.17. The molecule has 1 aromatic heterocycles. The summed E-state index contributed by atoms with van der Waals surface area (Å²) >= 11 is 0. The second kappa shape index (κ2) is 4.48. The normalized spacial score (nSPS) is 9.81. The van der Waals surface area contributed by atoms with Crippen molar-refractivity contribution in [3.8, 4) is 5.88 Å². The number of nitrogens with one attached hydrogen (secondary N) is 1. The zero-order valence-electron chi connectivity index (χ0n) is 8.84. The second-order valence-corrected chi connectivity index (χ2v) is 3.19. The summed E-state index contributed by atoms with van der Waals surface area (Å²) in [7, 11) is 1.56. The molecule has 0 aliphatic heterocycles. The Morgan fingerprint density at radius 1 is 1.19 bits per heavy atom. The lowest BCUT2D eigenvalue weighted by Crippen LogP contribution is -1.96. The van der Waals surface area contributed by atoms with Gasteiger partial charge < -0.3 is 15.8 Å². The predicted octanol–water partition coefficient (Wildman–Crippen LogP) is 1.81. The van der Waals surface area contributed by atoms with Crippen molar-refractivity contribution in [2.24, 2.45) is 0 Å². The fourth-order valence-electron chi connectivity index (χ4n) is 1.23. The summed E-state index contributed by atoms with van der Waals surface area (Å²) in [6.45, 7) is 0. The Labute approximate surface area is 93.3 Å². The van der Waals surface area contributed by atoms with Crippen LogP contribution >= 0.6 is 0 Å². The molecule has 0 aliphatic carbocycles. The Morgan fingerprint density at radius 3 is 2.62 bits per heavy atom. The first-order chi connectivity index (χ1) is 7.78. The minimum Gasteiger partial charge on any atom is -0.481 e. The first-order valence-electron chi connectivity index (χ1n) is 4.76. The van der Waals surface area contributed by atoms with E-state index in [2.05, 4.69) is 15.3 Å². The molecule has 3 N–H and O–H groups in total. The van der Waals surface area contributed by atoms with E-state index < -0.39 is 0 Å². The molecule has 0 radical (unpaired) electrons. The third-order valence-corrected chi connectivity index (χ3v) is 2.03. The SMILES string of the molecule is COc1cc(Nc2ccc(N)cc2)ncn1. The molecule has 82 valence electrons. The highest BCUT2D eigenvalue weighted by molar-refractivity contribution is 5.59. The molecule has 5 heteroatoms. The lowest BCUT2D eigenvalue weighted by atomic mass is 10.3. The number of hydrogen-bond acceptors (Lipinski definition) is 5. The average Bonchev–Trinajstić information content (AvgIpc) is 2.32. The van der Waals surface area contributed by atoms with Crippen LogP contribution in [0.5, 0.6) is 5.88 Å². The van der Waals surface area contributed by atoms with Crippen LogP contribution in [-0.4, -0.2) is 17.1 Å². The maximum atomic E-state index is 5.59. The summed E-state index contributed by atoms with van der Waals surface area (Å²) in [6.07, 6.45) is 1.44. The molecule has 1 heterocycles. The third kappa shape index (κ3) is 2.38. The number of benzene rings is 1. The van der Waals surface area contributed by atoms with Crippen molar-refractivity contribution < 1.29 is 4.74 Å². The van der Waals surface area contributed by atoms with E-state index in [0.29, 0.717) is 11.7 Å². The number of nitrogen functional groups attached to an aromatic ring is 1. The largest absolute Gasteiger partial charge is 0.481 e. The average molecular weight is 216 g/mol. The van der Waals surface area contributed by atoms with Gasteiger partial charge in [-0.15, -0.1) is 0 Å². The van der Waals surface area contributed by atoms with Crippen LogP contribution in [0.15, 0.2) is 36.7 Å². The quantitative estimate of drug-likeness (QED) is 0.765. The van der Waals surface area contributed by atoms with E-state index in [1.54, 1.807) is 13.2 Å².